The van der Waals surface area contributed by atoms with Gasteiger partial charge in [-0.1, -0.05) is 12.1 Å². The van der Waals surface area contributed by atoms with Crippen molar-refractivity contribution in [2.75, 3.05) is 19.0 Å². The lowest BCUT2D eigenvalue weighted by Crippen LogP contribution is -2.37. The highest BCUT2D eigenvalue weighted by molar-refractivity contribution is 6.06. The maximum atomic E-state index is 13.9. The Bertz CT molecular complexity index is 1160. The molecule has 0 aliphatic rings. The molecular formula is C19H21FN4O4. The third kappa shape index (κ3) is 3.36. The van der Waals surface area contributed by atoms with Crippen molar-refractivity contribution in [3.63, 3.8) is 0 Å². The molecule has 8 nitrogen and oxygen atoms in total. The average molecular weight is 388 g/mol. The van der Waals surface area contributed by atoms with E-state index in [2.05, 4.69) is 5.32 Å². The van der Waals surface area contributed by atoms with Crippen molar-refractivity contribution in [1.29, 1.82) is 0 Å². The van der Waals surface area contributed by atoms with Gasteiger partial charge in [0.05, 0.1) is 11.1 Å². The number of nitrogens with one attached hydrogen (secondary N) is 1. The number of para-hydroxylation sites is 1. The fourth-order valence-electron chi connectivity index (χ4n) is 3.17. The Kier molecular flexibility index (Phi) is 5.46. The molecule has 2 heterocycles. The normalized spacial score (nSPS) is 11.1. The predicted octanol–water partition coefficient (Wildman–Crippen LogP) is 1.47. The number of amides is 1. The van der Waals surface area contributed by atoms with E-state index in [1.807, 2.05) is 0 Å². The van der Waals surface area contributed by atoms with E-state index in [4.69, 9.17) is 4.74 Å². The second-order valence-electron chi connectivity index (χ2n) is 6.40. The van der Waals surface area contributed by atoms with Crippen molar-refractivity contribution >= 4 is 22.6 Å². The first-order valence-electron chi connectivity index (χ1n) is 8.71. The van der Waals surface area contributed by atoms with Crippen molar-refractivity contribution < 1.29 is 13.9 Å². The highest BCUT2D eigenvalue weighted by Gasteiger charge is 2.21. The molecule has 0 radical (unpaired) electrons. The molecule has 1 aromatic carbocycles. The van der Waals surface area contributed by atoms with Crippen molar-refractivity contribution in [2.24, 2.45) is 14.1 Å². The molecule has 2 aromatic heterocycles. The summed E-state index contributed by atoms with van der Waals surface area (Å²) in [5, 5.41) is 2.76. The molecule has 0 saturated carbocycles. The molecule has 0 fully saturated rings. The lowest BCUT2D eigenvalue weighted by atomic mass is 10.3. The van der Waals surface area contributed by atoms with Gasteiger partial charge in [0.15, 0.2) is 0 Å². The summed E-state index contributed by atoms with van der Waals surface area (Å²) in [4.78, 5) is 37.7. The number of ether oxygens (including phenoxy) is 1. The predicted molar refractivity (Wildman–Crippen MR) is 103 cm³/mol. The number of rotatable bonds is 6. The first-order chi connectivity index (χ1) is 13.4. The van der Waals surface area contributed by atoms with Crippen LogP contribution in [-0.2, 0) is 25.4 Å². The highest BCUT2D eigenvalue weighted by Crippen LogP contribution is 2.19. The summed E-state index contributed by atoms with van der Waals surface area (Å²) in [6, 6.07) is 7.24. The summed E-state index contributed by atoms with van der Waals surface area (Å²) in [6.07, 6.45) is 0.559. The van der Waals surface area contributed by atoms with Crippen LogP contribution in [0.25, 0.3) is 11.0 Å². The van der Waals surface area contributed by atoms with Crippen LogP contribution in [0, 0.1) is 5.82 Å². The van der Waals surface area contributed by atoms with Crippen LogP contribution in [0.2, 0.25) is 0 Å². The molecule has 3 rings (SSSR count). The van der Waals surface area contributed by atoms with Gasteiger partial charge in [-0.05, 0) is 24.6 Å². The number of carbonyl (C=O) groups excluding carboxylic acids is 1. The number of hydrogen-bond acceptors (Lipinski definition) is 4. The SMILES string of the molecule is COCCCn1c(C(=O)Nc2ccccc2F)cc2c(=O)n(C)c(=O)n(C)c21. The molecule has 148 valence electrons. The van der Waals surface area contributed by atoms with E-state index in [0.717, 1.165) is 4.57 Å². The minimum Gasteiger partial charge on any atom is -0.385 e. The quantitative estimate of drug-likeness (QED) is 0.648. The van der Waals surface area contributed by atoms with Crippen LogP contribution in [0.1, 0.15) is 16.9 Å². The molecule has 0 aliphatic carbocycles. The summed E-state index contributed by atoms with van der Waals surface area (Å²) in [6.45, 7) is 0.782. The van der Waals surface area contributed by atoms with Gasteiger partial charge in [0.2, 0.25) is 0 Å². The van der Waals surface area contributed by atoms with Crippen molar-refractivity contribution in [3.8, 4) is 0 Å². The standard InChI is InChI=1S/C19H21FN4O4/c1-22-17-12(18(26)23(2)19(22)27)11-15(24(17)9-6-10-28-3)16(25)21-14-8-5-4-7-13(14)20/h4-5,7-8,11H,6,9-10H2,1-3H3,(H,21,25). The zero-order valence-electron chi connectivity index (χ0n) is 15.9. The summed E-state index contributed by atoms with van der Waals surface area (Å²) in [5.74, 6) is -1.14. The third-order valence-electron chi connectivity index (χ3n) is 4.58. The van der Waals surface area contributed by atoms with Gasteiger partial charge in [-0.2, -0.15) is 0 Å². The molecule has 9 heteroatoms. The van der Waals surface area contributed by atoms with E-state index in [-0.39, 0.29) is 16.8 Å². The molecule has 1 N–H and O–H groups in total. The Morgan fingerprint density at radius 2 is 1.89 bits per heavy atom. The summed E-state index contributed by atoms with van der Waals surface area (Å²) in [7, 11) is 4.48. The molecule has 28 heavy (non-hydrogen) atoms. The number of nitrogens with zero attached hydrogens (tertiary/aromatic N) is 3. The largest absolute Gasteiger partial charge is 0.385 e. The van der Waals surface area contributed by atoms with Gasteiger partial charge >= 0.3 is 5.69 Å². The van der Waals surface area contributed by atoms with E-state index in [9.17, 15) is 18.8 Å². The monoisotopic (exact) mass is 388 g/mol. The van der Waals surface area contributed by atoms with E-state index in [0.29, 0.717) is 25.2 Å². The zero-order valence-corrected chi connectivity index (χ0v) is 15.9. The second-order valence-corrected chi connectivity index (χ2v) is 6.40. The van der Waals surface area contributed by atoms with E-state index < -0.39 is 23.0 Å². The van der Waals surface area contributed by atoms with Crippen LogP contribution < -0.4 is 16.6 Å². The van der Waals surface area contributed by atoms with Crippen LogP contribution in [-0.4, -0.2) is 33.3 Å². The van der Waals surface area contributed by atoms with Crippen LogP contribution in [0.3, 0.4) is 0 Å². The van der Waals surface area contributed by atoms with Crippen molar-refractivity contribution in [1.82, 2.24) is 13.7 Å². The highest BCUT2D eigenvalue weighted by atomic mass is 19.1. The summed E-state index contributed by atoms with van der Waals surface area (Å²) >= 11 is 0. The number of carbonyl (C=O) groups is 1. The molecule has 3 aromatic rings. The number of benzene rings is 1. The molecule has 0 aliphatic heterocycles. The zero-order chi connectivity index (χ0) is 20.4. The van der Waals surface area contributed by atoms with Gasteiger partial charge in [-0.3, -0.25) is 18.7 Å². The van der Waals surface area contributed by atoms with Crippen LogP contribution >= 0.6 is 0 Å². The van der Waals surface area contributed by atoms with Crippen LogP contribution in [0.5, 0.6) is 0 Å². The first kappa shape index (κ1) is 19.6. The first-order valence-corrected chi connectivity index (χ1v) is 8.71. The van der Waals surface area contributed by atoms with Crippen molar-refractivity contribution in [2.45, 2.75) is 13.0 Å². The van der Waals surface area contributed by atoms with E-state index in [1.54, 1.807) is 17.7 Å². The topological polar surface area (TPSA) is 87.3 Å². The minimum atomic E-state index is -0.576. The molecule has 0 saturated heterocycles. The number of anilines is 1. The van der Waals surface area contributed by atoms with Gasteiger partial charge in [-0.15, -0.1) is 0 Å². The maximum Gasteiger partial charge on any atom is 0.332 e. The molecule has 1 amide bonds. The lowest BCUT2D eigenvalue weighted by Gasteiger charge is -2.13. The van der Waals surface area contributed by atoms with Gasteiger partial charge < -0.3 is 14.6 Å². The number of halogens is 1. The number of hydrogen-bond donors (Lipinski definition) is 1. The molecule has 0 unspecified atom stereocenters. The number of methoxy groups -OCH3 is 1. The number of aromatic nitrogens is 3. The Labute approximate surface area is 159 Å². The number of fused-ring (bicyclic) bond motifs is 1. The number of aryl methyl sites for hydroxylation is 2. The van der Waals surface area contributed by atoms with Gasteiger partial charge in [0.1, 0.15) is 17.2 Å². The summed E-state index contributed by atoms with van der Waals surface area (Å²) in [5.41, 5.74) is -0.466. The van der Waals surface area contributed by atoms with Gasteiger partial charge in [0.25, 0.3) is 11.5 Å². The Balaban J connectivity index is 2.16. The second kappa shape index (κ2) is 7.81. The Morgan fingerprint density at radius 1 is 1.18 bits per heavy atom. The third-order valence-corrected chi connectivity index (χ3v) is 4.58. The molecule has 0 spiro atoms. The summed E-state index contributed by atoms with van der Waals surface area (Å²) < 4.78 is 22.9. The van der Waals surface area contributed by atoms with Crippen LogP contribution in [0.15, 0.2) is 39.9 Å². The van der Waals surface area contributed by atoms with E-state index in [1.165, 1.54) is 42.9 Å². The van der Waals surface area contributed by atoms with Gasteiger partial charge in [0, 0.05) is 34.4 Å². The smallest absolute Gasteiger partial charge is 0.332 e. The fraction of sp³-hybridized carbons (Fsp3) is 0.316. The Morgan fingerprint density at radius 3 is 2.57 bits per heavy atom. The molecule has 0 atom stereocenters. The fourth-order valence-corrected chi connectivity index (χ4v) is 3.17. The molecule has 0 bridgehead atoms. The van der Waals surface area contributed by atoms with E-state index >= 15 is 0 Å². The minimum absolute atomic E-state index is 0.0305. The van der Waals surface area contributed by atoms with Crippen LogP contribution in [0.4, 0.5) is 10.1 Å². The maximum absolute atomic E-state index is 13.9. The lowest BCUT2D eigenvalue weighted by molar-refractivity contribution is 0.101. The Hall–Kier alpha value is -3.20. The molecular weight excluding hydrogens is 367 g/mol. The van der Waals surface area contributed by atoms with Crippen molar-refractivity contribution in [3.05, 3.63) is 62.7 Å². The average Bonchev–Trinajstić information content (AvgIpc) is 3.06. The van der Waals surface area contributed by atoms with Gasteiger partial charge in [-0.25, -0.2) is 9.18 Å².